The lowest BCUT2D eigenvalue weighted by molar-refractivity contribution is 0.402. The standard InChI is InChI=1S/C12H12N2/c1-9-6-7-14-8-10-4-2-3-5-11(10)13-12(9)14/h2-5,8,12H,1,6-7H2. The smallest absolute Gasteiger partial charge is 0.143 e. The average molecular weight is 184 g/mol. The van der Waals surface area contributed by atoms with Crippen molar-refractivity contribution in [3.8, 4) is 0 Å². The van der Waals surface area contributed by atoms with Crippen molar-refractivity contribution in [1.29, 1.82) is 0 Å². The molecular formula is C12H12N2. The minimum Gasteiger partial charge on any atom is -0.352 e. The highest BCUT2D eigenvalue weighted by atomic mass is 15.3. The summed E-state index contributed by atoms with van der Waals surface area (Å²) in [5.41, 5.74) is 1.23. The molecule has 2 nitrogen and oxygen atoms in total. The minimum atomic E-state index is 0.199. The van der Waals surface area contributed by atoms with Crippen LogP contribution in [0.4, 0.5) is 0 Å². The van der Waals surface area contributed by atoms with Gasteiger partial charge in [-0.05, 0) is 18.1 Å². The maximum absolute atomic E-state index is 4.68. The summed E-state index contributed by atoms with van der Waals surface area (Å²) in [5, 5.41) is 2.32. The van der Waals surface area contributed by atoms with Crippen LogP contribution in [0.3, 0.4) is 0 Å². The van der Waals surface area contributed by atoms with Gasteiger partial charge in [0.15, 0.2) is 0 Å². The number of nitrogens with zero attached hydrogens (tertiary/aromatic N) is 2. The second kappa shape index (κ2) is 2.71. The highest BCUT2D eigenvalue weighted by Gasteiger charge is 2.25. The van der Waals surface area contributed by atoms with Crippen LogP contribution >= 0.6 is 0 Å². The number of fused-ring (bicyclic) bond motifs is 2. The first-order chi connectivity index (χ1) is 6.84. The van der Waals surface area contributed by atoms with Crippen LogP contribution in [-0.4, -0.2) is 17.6 Å². The molecule has 0 aromatic heterocycles. The Hall–Kier alpha value is -1.57. The van der Waals surface area contributed by atoms with Gasteiger partial charge in [0.2, 0.25) is 0 Å². The number of hydrogen-bond acceptors (Lipinski definition) is 2. The van der Waals surface area contributed by atoms with Crippen molar-refractivity contribution in [2.24, 2.45) is 4.99 Å². The average Bonchev–Trinajstić information content (AvgIpc) is 2.57. The van der Waals surface area contributed by atoms with E-state index < -0.39 is 0 Å². The van der Waals surface area contributed by atoms with Gasteiger partial charge in [-0.15, -0.1) is 0 Å². The van der Waals surface area contributed by atoms with Gasteiger partial charge in [0, 0.05) is 18.0 Å². The zero-order chi connectivity index (χ0) is 9.54. The van der Waals surface area contributed by atoms with Gasteiger partial charge >= 0.3 is 0 Å². The van der Waals surface area contributed by atoms with Crippen molar-refractivity contribution in [2.45, 2.75) is 12.6 Å². The van der Waals surface area contributed by atoms with Gasteiger partial charge in [-0.25, -0.2) is 0 Å². The Morgan fingerprint density at radius 1 is 1.36 bits per heavy atom. The number of para-hydroxylation sites is 1. The van der Waals surface area contributed by atoms with Crippen LogP contribution in [0.5, 0.6) is 0 Å². The van der Waals surface area contributed by atoms with E-state index in [4.69, 9.17) is 0 Å². The molecule has 1 aromatic carbocycles. The highest BCUT2D eigenvalue weighted by Crippen LogP contribution is 2.23. The molecule has 0 N–H and O–H groups in total. The Labute approximate surface area is 82.9 Å². The van der Waals surface area contributed by atoms with Gasteiger partial charge in [-0.2, -0.15) is 0 Å². The lowest BCUT2D eigenvalue weighted by Gasteiger charge is -2.22. The normalized spacial score (nSPS) is 23.6. The quantitative estimate of drug-likeness (QED) is 0.540. The van der Waals surface area contributed by atoms with Crippen molar-refractivity contribution in [3.63, 3.8) is 0 Å². The minimum absolute atomic E-state index is 0.199. The van der Waals surface area contributed by atoms with E-state index in [0.29, 0.717) is 0 Å². The van der Waals surface area contributed by atoms with Gasteiger partial charge in [-0.1, -0.05) is 24.8 Å². The van der Waals surface area contributed by atoms with Crippen molar-refractivity contribution < 1.29 is 0 Å². The number of hydrogen-bond donors (Lipinski definition) is 0. The molecule has 2 aliphatic rings. The summed E-state index contributed by atoms with van der Waals surface area (Å²) in [5.74, 6) is 0. The van der Waals surface area contributed by atoms with Crippen molar-refractivity contribution >= 4 is 6.20 Å². The first-order valence-electron chi connectivity index (χ1n) is 4.93. The summed E-state index contributed by atoms with van der Waals surface area (Å²) in [6.07, 6.45) is 3.47. The topological polar surface area (TPSA) is 15.6 Å². The predicted molar refractivity (Wildman–Crippen MR) is 55.9 cm³/mol. The maximum Gasteiger partial charge on any atom is 0.143 e. The van der Waals surface area contributed by atoms with Gasteiger partial charge in [0.05, 0.1) is 5.36 Å². The van der Waals surface area contributed by atoms with Crippen LogP contribution in [0.15, 0.2) is 41.4 Å². The second-order valence-corrected chi connectivity index (χ2v) is 3.84. The lowest BCUT2D eigenvalue weighted by atomic mass is 10.2. The zero-order valence-corrected chi connectivity index (χ0v) is 7.98. The SMILES string of the molecule is C=C1CCN2C=c3ccccc3=NC12. The summed E-state index contributed by atoms with van der Waals surface area (Å²) in [6, 6.07) is 8.25. The Morgan fingerprint density at radius 2 is 2.21 bits per heavy atom. The van der Waals surface area contributed by atoms with Gasteiger partial charge in [0.1, 0.15) is 6.17 Å². The summed E-state index contributed by atoms with van der Waals surface area (Å²) < 4.78 is 0. The van der Waals surface area contributed by atoms with Gasteiger partial charge < -0.3 is 4.90 Å². The fourth-order valence-corrected chi connectivity index (χ4v) is 2.08. The van der Waals surface area contributed by atoms with E-state index in [1.807, 2.05) is 6.07 Å². The third kappa shape index (κ3) is 1.00. The van der Waals surface area contributed by atoms with Gasteiger partial charge in [0.25, 0.3) is 0 Å². The third-order valence-electron chi connectivity index (χ3n) is 2.87. The fourth-order valence-electron chi connectivity index (χ4n) is 2.08. The molecular weight excluding hydrogens is 172 g/mol. The molecule has 1 saturated heterocycles. The van der Waals surface area contributed by atoms with E-state index >= 15 is 0 Å². The molecule has 3 rings (SSSR count). The lowest BCUT2D eigenvalue weighted by Crippen LogP contribution is -2.38. The second-order valence-electron chi connectivity index (χ2n) is 3.84. The molecule has 1 aromatic rings. The molecule has 0 amide bonds. The predicted octanol–water partition coefficient (Wildman–Crippen LogP) is 0.646. The molecule has 2 heterocycles. The van der Waals surface area contributed by atoms with Crippen LogP contribution < -0.4 is 10.6 Å². The molecule has 0 saturated carbocycles. The molecule has 0 radical (unpaired) electrons. The van der Waals surface area contributed by atoms with Crippen LogP contribution in [0, 0.1) is 0 Å². The molecule has 1 unspecified atom stereocenters. The monoisotopic (exact) mass is 184 g/mol. The Kier molecular flexibility index (Phi) is 1.51. The van der Waals surface area contributed by atoms with E-state index in [1.54, 1.807) is 0 Å². The molecule has 1 atom stereocenters. The first kappa shape index (κ1) is 7.80. The fraction of sp³-hybridized carbons (Fsp3) is 0.250. The van der Waals surface area contributed by atoms with Crippen LogP contribution in [-0.2, 0) is 0 Å². The molecule has 1 fully saturated rings. The summed E-state index contributed by atoms with van der Waals surface area (Å²) in [4.78, 5) is 6.95. The number of rotatable bonds is 0. The summed E-state index contributed by atoms with van der Waals surface area (Å²) in [6.45, 7) is 5.11. The molecule has 0 bridgehead atoms. The molecule has 0 spiro atoms. The van der Waals surface area contributed by atoms with Gasteiger partial charge in [-0.3, -0.25) is 4.99 Å². The maximum atomic E-state index is 4.68. The van der Waals surface area contributed by atoms with Crippen LogP contribution in [0.2, 0.25) is 0 Å². The molecule has 2 heteroatoms. The molecule has 70 valence electrons. The van der Waals surface area contributed by atoms with E-state index in [0.717, 1.165) is 18.3 Å². The van der Waals surface area contributed by atoms with Crippen molar-refractivity contribution in [3.05, 3.63) is 47.0 Å². The van der Waals surface area contributed by atoms with Crippen LogP contribution in [0.1, 0.15) is 6.42 Å². The molecule has 14 heavy (non-hydrogen) atoms. The highest BCUT2D eigenvalue weighted by molar-refractivity contribution is 5.31. The van der Waals surface area contributed by atoms with E-state index in [9.17, 15) is 0 Å². The molecule has 0 aliphatic carbocycles. The Balaban J connectivity index is 2.25. The Bertz CT molecular complexity index is 501. The van der Waals surface area contributed by atoms with Crippen molar-refractivity contribution in [1.82, 2.24) is 4.90 Å². The van der Waals surface area contributed by atoms with Crippen LogP contribution in [0.25, 0.3) is 6.20 Å². The van der Waals surface area contributed by atoms with E-state index in [-0.39, 0.29) is 6.17 Å². The van der Waals surface area contributed by atoms with E-state index in [2.05, 4.69) is 40.9 Å². The molecule has 2 aliphatic heterocycles. The summed E-state index contributed by atoms with van der Waals surface area (Å²) >= 11 is 0. The zero-order valence-electron chi connectivity index (χ0n) is 7.98. The number of benzene rings is 1. The third-order valence-corrected chi connectivity index (χ3v) is 2.87. The largest absolute Gasteiger partial charge is 0.352 e. The Morgan fingerprint density at radius 3 is 3.14 bits per heavy atom. The summed E-state index contributed by atoms with van der Waals surface area (Å²) in [7, 11) is 0. The van der Waals surface area contributed by atoms with E-state index in [1.165, 1.54) is 10.8 Å². The first-order valence-corrected chi connectivity index (χ1v) is 4.93. The van der Waals surface area contributed by atoms with Crippen molar-refractivity contribution in [2.75, 3.05) is 6.54 Å².